The Morgan fingerprint density at radius 2 is 1.82 bits per heavy atom. The van der Waals surface area contributed by atoms with Gasteiger partial charge in [0.25, 0.3) is 0 Å². The van der Waals surface area contributed by atoms with Gasteiger partial charge in [-0.3, -0.25) is 9.59 Å². The van der Waals surface area contributed by atoms with Gasteiger partial charge in [-0.15, -0.1) is 11.8 Å². The molecule has 0 spiro atoms. The molecule has 1 fully saturated rings. The number of piperidine rings is 1. The number of nitrogens with zero attached hydrogens (tertiary/aromatic N) is 1. The Morgan fingerprint density at radius 1 is 1.24 bits per heavy atom. The van der Waals surface area contributed by atoms with Gasteiger partial charge in [0, 0.05) is 13.1 Å². The first kappa shape index (κ1) is 14.4. The van der Waals surface area contributed by atoms with Crippen LogP contribution in [0, 0.1) is 5.92 Å². The zero-order valence-electron chi connectivity index (χ0n) is 10.5. The summed E-state index contributed by atoms with van der Waals surface area (Å²) in [6.07, 6.45) is 3.34. The topological polar surface area (TPSA) is 57.6 Å². The lowest BCUT2D eigenvalue weighted by Gasteiger charge is -2.27. The van der Waals surface area contributed by atoms with Gasteiger partial charge in [0.05, 0.1) is 5.75 Å². The average molecular weight is 259 g/mol. The van der Waals surface area contributed by atoms with E-state index in [0.717, 1.165) is 25.9 Å². The van der Waals surface area contributed by atoms with E-state index >= 15 is 0 Å². The fourth-order valence-electron chi connectivity index (χ4n) is 1.94. The van der Waals surface area contributed by atoms with Crippen molar-refractivity contribution in [3.8, 4) is 0 Å². The maximum Gasteiger partial charge on any atom is 0.316 e. The zero-order chi connectivity index (χ0) is 12.8. The van der Waals surface area contributed by atoms with Crippen molar-refractivity contribution < 1.29 is 14.7 Å². The first-order valence-corrected chi connectivity index (χ1v) is 7.19. The van der Waals surface area contributed by atoms with E-state index in [1.807, 2.05) is 18.7 Å². The normalized spacial score (nSPS) is 18.2. The highest BCUT2D eigenvalue weighted by Crippen LogP contribution is 2.21. The maximum absolute atomic E-state index is 11.9. The van der Waals surface area contributed by atoms with Crippen LogP contribution in [0.5, 0.6) is 0 Å². The summed E-state index contributed by atoms with van der Waals surface area (Å²) in [5, 5.41) is 8.54. The lowest BCUT2D eigenvalue weighted by atomic mass is 10.1. The molecule has 0 bridgehead atoms. The minimum absolute atomic E-state index is 0.0478. The van der Waals surface area contributed by atoms with Crippen molar-refractivity contribution in [2.75, 3.05) is 18.8 Å². The first-order chi connectivity index (χ1) is 8.02. The predicted octanol–water partition coefficient (Wildman–Crippen LogP) is 1.84. The first-order valence-electron chi connectivity index (χ1n) is 6.14. The van der Waals surface area contributed by atoms with E-state index in [1.54, 1.807) is 0 Å². The molecule has 1 N–H and O–H groups in total. The Bertz CT molecular complexity index is 275. The largest absolute Gasteiger partial charge is 0.480 e. The number of carbonyl (C=O) groups is 2. The van der Waals surface area contributed by atoms with Gasteiger partial charge in [-0.25, -0.2) is 0 Å². The molecule has 1 aliphatic rings. The molecule has 1 rings (SSSR count). The number of likely N-dealkylation sites (tertiary alicyclic amines) is 1. The maximum atomic E-state index is 11.9. The molecule has 1 heterocycles. The van der Waals surface area contributed by atoms with Crippen LogP contribution in [-0.4, -0.2) is 46.0 Å². The molecule has 0 aromatic heterocycles. The molecule has 4 nitrogen and oxygen atoms in total. The highest BCUT2D eigenvalue weighted by molar-refractivity contribution is 8.01. The Hall–Kier alpha value is -0.710. The summed E-state index contributed by atoms with van der Waals surface area (Å²) in [6.45, 7) is 5.41. The highest BCUT2D eigenvalue weighted by Gasteiger charge is 2.24. The molecular weight excluding hydrogens is 238 g/mol. The fraction of sp³-hybridized carbons (Fsp3) is 0.833. The Labute approximate surface area is 107 Å². The second-order valence-electron chi connectivity index (χ2n) is 4.76. The van der Waals surface area contributed by atoms with E-state index in [2.05, 4.69) is 0 Å². The molecule has 98 valence electrons. The second-order valence-corrected chi connectivity index (χ2v) is 5.89. The third-order valence-electron chi connectivity index (χ3n) is 2.94. The van der Waals surface area contributed by atoms with Gasteiger partial charge in [0.15, 0.2) is 0 Å². The van der Waals surface area contributed by atoms with Crippen molar-refractivity contribution in [3.05, 3.63) is 0 Å². The average Bonchev–Trinajstić information content (AvgIpc) is 2.29. The quantitative estimate of drug-likeness (QED) is 0.818. The third-order valence-corrected chi connectivity index (χ3v) is 4.46. The third kappa shape index (κ3) is 4.58. The van der Waals surface area contributed by atoms with E-state index in [0.29, 0.717) is 0 Å². The summed E-state index contributed by atoms with van der Waals surface area (Å²) in [4.78, 5) is 24.7. The van der Waals surface area contributed by atoms with Crippen LogP contribution in [0.25, 0.3) is 0 Å². The molecule has 0 aromatic rings. The van der Waals surface area contributed by atoms with Gasteiger partial charge in [0.1, 0.15) is 5.25 Å². The summed E-state index contributed by atoms with van der Waals surface area (Å²) in [5.74, 6) is -0.403. The molecule has 1 amide bonds. The summed E-state index contributed by atoms with van der Waals surface area (Å²) >= 11 is 1.25. The summed E-state index contributed by atoms with van der Waals surface area (Å²) < 4.78 is 0. The van der Waals surface area contributed by atoms with Crippen LogP contribution < -0.4 is 0 Å². The van der Waals surface area contributed by atoms with Crippen LogP contribution in [0.15, 0.2) is 0 Å². The standard InChI is InChI=1S/C12H21NO3S/c1-9(2)11(12(15)16)17-8-10(14)13-6-4-3-5-7-13/h9,11H,3-8H2,1-2H3,(H,15,16). The molecular formula is C12H21NO3S. The number of thioether (sulfide) groups is 1. The van der Waals surface area contributed by atoms with E-state index in [-0.39, 0.29) is 17.6 Å². The van der Waals surface area contributed by atoms with Crippen molar-refractivity contribution in [3.63, 3.8) is 0 Å². The molecule has 17 heavy (non-hydrogen) atoms. The van der Waals surface area contributed by atoms with Gasteiger partial charge < -0.3 is 10.0 Å². The number of carbonyl (C=O) groups excluding carboxylic acids is 1. The Kier molecular flexibility index (Phi) is 5.82. The molecule has 5 heteroatoms. The SMILES string of the molecule is CC(C)C(SCC(=O)N1CCCCC1)C(=O)O. The number of carboxylic acids is 1. The van der Waals surface area contributed by atoms with Crippen molar-refractivity contribution in [1.82, 2.24) is 4.90 Å². The molecule has 1 saturated heterocycles. The smallest absolute Gasteiger partial charge is 0.316 e. The summed E-state index contributed by atoms with van der Waals surface area (Å²) in [6, 6.07) is 0. The molecule has 0 aliphatic carbocycles. The lowest BCUT2D eigenvalue weighted by molar-refractivity contribution is -0.137. The zero-order valence-corrected chi connectivity index (χ0v) is 11.3. The van der Waals surface area contributed by atoms with E-state index in [9.17, 15) is 9.59 Å². The minimum atomic E-state index is -0.823. The molecule has 1 atom stereocenters. The van der Waals surface area contributed by atoms with Gasteiger partial charge in [0.2, 0.25) is 5.91 Å². The number of aliphatic carboxylic acids is 1. The van der Waals surface area contributed by atoms with Gasteiger partial charge in [-0.05, 0) is 25.2 Å². The van der Waals surface area contributed by atoms with Crippen LogP contribution in [0.2, 0.25) is 0 Å². The van der Waals surface area contributed by atoms with Gasteiger partial charge in [-0.2, -0.15) is 0 Å². The van der Waals surface area contributed by atoms with Crippen molar-refractivity contribution in [2.24, 2.45) is 5.92 Å². The van der Waals surface area contributed by atoms with Gasteiger partial charge >= 0.3 is 5.97 Å². The van der Waals surface area contributed by atoms with Gasteiger partial charge in [-0.1, -0.05) is 13.8 Å². The Balaban J connectivity index is 2.37. The number of hydrogen-bond donors (Lipinski definition) is 1. The number of amides is 1. The molecule has 0 radical (unpaired) electrons. The second kappa shape index (κ2) is 6.89. The molecule has 1 unspecified atom stereocenters. The van der Waals surface area contributed by atoms with Crippen LogP contribution in [0.3, 0.4) is 0 Å². The fourth-order valence-corrected chi connectivity index (χ4v) is 2.98. The van der Waals surface area contributed by atoms with E-state index in [4.69, 9.17) is 5.11 Å². The number of hydrogen-bond acceptors (Lipinski definition) is 3. The minimum Gasteiger partial charge on any atom is -0.480 e. The highest BCUT2D eigenvalue weighted by atomic mass is 32.2. The summed E-state index contributed by atoms with van der Waals surface area (Å²) in [7, 11) is 0. The van der Waals surface area contributed by atoms with E-state index in [1.165, 1.54) is 18.2 Å². The monoisotopic (exact) mass is 259 g/mol. The van der Waals surface area contributed by atoms with Crippen LogP contribution in [-0.2, 0) is 9.59 Å². The predicted molar refractivity (Wildman–Crippen MR) is 69.2 cm³/mol. The van der Waals surface area contributed by atoms with Crippen LogP contribution >= 0.6 is 11.8 Å². The lowest BCUT2D eigenvalue weighted by Crippen LogP contribution is -2.37. The molecule has 0 aromatic carbocycles. The van der Waals surface area contributed by atoms with Crippen molar-refractivity contribution in [2.45, 2.75) is 38.4 Å². The van der Waals surface area contributed by atoms with Crippen LogP contribution in [0.1, 0.15) is 33.1 Å². The Morgan fingerprint density at radius 3 is 2.29 bits per heavy atom. The number of rotatable bonds is 5. The summed E-state index contributed by atoms with van der Waals surface area (Å²) in [5.41, 5.74) is 0. The van der Waals surface area contributed by atoms with E-state index < -0.39 is 11.2 Å². The van der Waals surface area contributed by atoms with Crippen LogP contribution in [0.4, 0.5) is 0 Å². The molecule has 1 aliphatic heterocycles. The van der Waals surface area contributed by atoms with Crippen molar-refractivity contribution in [1.29, 1.82) is 0 Å². The number of carboxylic acid groups (broad SMARTS) is 1. The molecule has 0 saturated carbocycles. The van der Waals surface area contributed by atoms with Crippen molar-refractivity contribution >= 4 is 23.6 Å².